The Bertz CT molecular complexity index is 834. The van der Waals surface area contributed by atoms with E-state index in [-0.39, 0.29) is 15.5 Å². The molecule has 10 heteroatoms. The molecular formula is C18H19ClF3N3O2S. The van der Waals surface area contributed by atoms with Gasteiger partial charge < -0.3 is 4.90 Å². The van der Waals surface area contributed by atoms with Gasteiger partial charge in [0.1, 0.15) is 0 Å². The summed E-state index contributed by atoms with van der Waals surface area (Å²) in [7, 11) is 0. The normalized spacial score (nSPS) is 20.4. The number of benzene rings is 1. The molecule has 0 saturated carbocycles. The van der Waals surface area contributed by atoms with Gasteiger partial charge in [0, 0.05) is 37.8 Å². The van der Waals surface area contributed by atoms with Gasteiger partial charge in [0.05, 0.1) is 21.2 Å². The van der Waals surface area contributed by atoms with E-state index in [1.807, 2.05) is 4.90 Å². The van der Waals surface area contributed by atoms with Gasteiger partial charge in [-0.2, -0.15) is 13.2 Å². The lowest BCUT2D eigenvalue weighted by Crippen LogP contribution is -2.49. The van der Waals surface area contributed by atoms with Crippen LogP contribution < -0.4 is 10.2 Å². The molecule has 5 nitrogen and oxygen atoms in total. The van der Waals surface area contributed by atoms with Crippen molar-refractivity contribution >= 4 is 46.3 Å². The number of alkyl halides is 3. The summed E-state index contributed by atoms with van der Waals surface area (Å²) in [6, 6.07) is 2.25. The summed E-state index contributed by atoms with van der Waals surface area (Å²) in [5, 5.41) is 1.52. The maximum absolute atomic E-state index is 13.3. The Morgan fingerprint density at radius 3 is 2.32 bits per heavy atom. The number of nitrogens with zero attached hydrogens (tertiary/aromatic N) is 2. The lowest BCUT2D eigenvalue weighted by molar-refractivity contribution is -0.137. The van der Waals surface area contributed by atoms with Crippen LogP contribution in [0.5, 0.6) is 0 Å². The Hall–Kier alpha value is -1.71. The molecule has 2 aliphatic rings. The molecule has 1 N–H and O–H groups in total. The number of carbonyl (C=O) groups excluding carboxylic acids is 2. The number of piperazine rings is 1. The van der Waals surface area contributed by atoms with Crippen LogP contribution in [-0.4, -0.2) is 48.3 Å². The van der Waals surface area contributed by atoms with Gasteiger partial charge in [-0.25, -0.2) is 0 Å². The first-order valence-corrected chi connectivity index (χ1v) is 9.90. The van der Waals surface area contributed by atoms with Crippen molar-refractivity contribution < 1.29 is 22.8 Å². The fraction of sp³-hybridized carbons (Fsp3) is 0.444. The molecule has 2 saturated heterocycles. The third-order valence-electron chi connectivity index (χ3n) is 4.71. The van der Waals surface area contributed by atoms with Crippen LogP contribution in [0.2, 0.25) is 5.02 Å². The fourth-order valence-electron chi connectivity index (χ4n) is 3.25. The number of amides is 2. The molecule has 0 spiro atoms. The highest BCUT2D eigenvalue weighted by Crippen LogP contribution is 2.40. The average molecular weight is 434 g/mol. The molecule has 28 heavy (non-hydrogen) atoms. The van der Waals surface area contributed by atoms with Crippen LogP contribution >= 0.6 is 23.4 Å². The zero-order valence-corrected chi connectivity index (χ0v) is 16.8. The van der Waals surface area contributed by atoms with E-state index in [1.165, 1.54) is 6.08 Å². The summed E-state index contributed by atoms with van der Waals surface area (Å²) >= 11 is 6.92. The molecular weight excluding hydrogens is 415 g/mol. The maximum atomic E-state index is 13.3. The first-order valence-electron chi connectivity index (χ1n) is 8.71. The van der Waals surface area contributed by atoms with Crippen LogP contribution in [0.1, 0.15) is 25.0 Å². The monoisotopic (exact) mass is 433 g/mol. The van der Waals surface area contributed by atoms with E-state index in [9.17, 15) is 22.8 Å². The Labute approximate surface area is 169 Å². The van der Waals surface area contributed by atoms with Crippen LogP contribution in [0, 0.1) is 0 Å². The van der Waals surface area contributed by atoms with Crippen molar-refractivity contribution in [2.24, 2.45) is 0 Å². The van der Waals surface area contributed by atoms with Crippen molar-refractivity contribution in [3.05, 3.63) is 33.2 Å². The van der Waals surface area contributed by atoms with Gasteiger partial charge in [-0.3, -0.25) is 19.8 Å². The first-order chi connectivity index (χ1) is 13.1. The van der Waals surface area contributed by atoms with Crippen molar-refractivity contribution in [1.29, 1.82) is 0 Å². The highest BCUT2D eigenvalue weighted by atomic mass is 35.5. The minimum atomic E-state index is -4.58. The smallest absolute Gasteiger partial charge is 0.367 e. The van der Waals surface area contributed by atoms with Crippen molar-refractivity contribution in [3.8, 4) is 0 Å². The third-order valence-corrected chi connectivity index (χ3v) is 5.81. The van der Waals surface area contributed by atoms with E-state index >= 15 is 0 Å². The summed E-state index contributed by atoms with van der Waals surface area (Å²) in [5.74, 6) is -0.626. The van der Waals surface area contributed by atoms with Gasteiger partial charge in [-0.05, 0) is 43.8 Å². The van der Waals surface area contributed by atoms with Crippen molar-refractivity contribution in [1.82, 2.24) is 10.2 Å². The lowest BCUT2D eigenvalue weighted by Gasteiger charge is -2.39. The number of anilines is 1. The zero-order chi connectivity index (χ0) is 20.6. The molecule has 1 aromatic carbocycles. The second-order valence-electron chi connectivity index (χ2n) is 6.86. The van der Waals surface area contributed by atoms with Gasteiger partial charge in [-0.15, -0.1) is 0 Å². The van der Waals surface area contributed by atoms with Crippen LogP contribution in [-0.2, 0) is 11.0 Å². The molecule has 2 fully saturated rings. The average Bonchev–Trinajstić information content (AvgIpc) is 2.91. The van der Waals surface area contributed by atoms with Crippen LogP contribution in [0.15, 0.2) is 17.0 Å². The van der Waals surface area contributed by atoms with E-state index in [2.05, 4.69) is 24.1 Å². The summed E-state index contributed by atoms with van der Waals surface area (Å²) < 4.78 is 39.8. The van der Waals surface area contributed by atoms with Gasteiger partial charge in [0.15, 0.2) is 0 Å². The third kappa shape index (κ3) is 4.47. The Morgan fingerprint density at radius 2 is 1.82 bits per heavy atom. The fourth-order valence-corrected chi connectivity index (χ4v) is 4.27. The topological polar surface area (TPSA) is 52.6 Å². The molecule has 2 aliphatic heterocycles. The minimum Gasteiger partial charge on any atom is -0.367 e. The molecule has 2 amide bonds. The van der Waals surface area contributed by atoms with Gasteiger partial charge in [0.2, 0.25) is 0 Å². The zero-order valence-electron chi connectivity index (χ0n) is 15.3. The highest BCUT2D eigenvalue weighted by molar-refractivity contribution is 8.18. The number of hydrogen-bond acceptors (Lipinski definition) is 5. The number of hydrogen-bond donors (Lipinski definition) is 1. The predicted octanol–water partition coefficient (Wildman–Crippen LogP) is 4.21. The van der Waals surface area contributed by atoms with Gasteiger partial charge in [0.25, 0.3) is 11.1 Å². The van der Waals surface area contributed by atoms with Gasteiger partial charge in [-0.1, -0.05) is 11.6 Å². The van der Waals surface area contributed by atoms with E-state index in [1.54, 1.807) is 0 Å². The molecule has 3 rings (SSSR count). The number of nitrogens with one attached hydrogen (secondary N) is 1. The number of halogens is 4. The SMILES string of the molecule is CC(C)N1CCN(c2c(Cl)cc(C(F)(F)F)cc2/C=C2/SC(=O)NC2=O)CC1. The molecule has 0 radical (unpaired) electrons. The Morgan fingerprint density at radius 1 is 1.18 bits per heavy atom. The van der Waals surface area contributed by atoms with Crippen molar-refractivity contribution in [3.63, 3.8) is 0 Å². The molecule has 152 valence electrons. The number of carbonyl (C=O) groups is 2. The first kappa shape index (κ1) is 21.0. The standard InChI is InChI=1S/C18H19ClF3N3O2S/c1-10(2)24-3-5-25(6-4-24)15-11(8-14-16(26)23-17(27)28-14)7-12(9-13(15)19)18(20,21)22/h7-10H,3-6H2,1-2H3,(H,23,26,27)/b14-8+. The lowest BCUT2D eigenvalue weighted by atomic mass is 10.0. The second kappa shape index (κ2) is 7.96. The molecule has 0 atom stereocenters. The number of thioether (sulfide) groups is 1. The summed E-state index contributed by atoms with van der Waals surface area (Å²) in [6.07, 6.45) is -3.27. The summed E-state index contributed by atoms with van der Waals surface area (Å²) in [6.45, 7) is 6.86. The molecule has 2 heterocycles. The highest BCUT2D eigenvalue weighted by Gasteiger charge is 2.34. The molecule has 0 bridgehead atoms. The molecule has 1 aromatic rings. The largest absolute Gasteiger partial charge is 0.416 e. The number of rotatable bonds is 3. The maximum Gasteiger partial charge on any atom is 0.416 e. The molecule has 0 unspecified atom stereocenters. The van der Waals surface area contributed by atoms with Crippen LogP contribution in [0.25, 0.3) is 6.08 Å². The quantitative estimate of drug-likeness (QED) is 0.723. The van der Waals surface area contributed by atoms with Crippen LogP contribution in [0.3, 0.4) is 0 Å². The molecule has 0 aliphatic carbocycles. The second-order valence-corrected chi connectivity index (χ2v) is 8.28. The van der Waals surface area contributed by atoms with E-state index in [0.717, 1.165) is 25.2 Å². The minimum absolute atomic E-state index is 0.0330. The Balaban J connectivity index is 2.03. The van der Waals surface area contributed by atoms with E-state index in [0.29, 0.717) is 36.6 Å². The van der Waals surface area contributed by atoms with Crippen LogP contribution in [0.4, 0.5) is 23.7 Å². The molecule has 0 aromatic heterocycles. The summed E-state index contributed by atoms with van der Waals surface area (Å²) in [4.78, 5) is 27.5. The van der Waals surface area contributed by atoms with E-state index < -0.39 is 22.9 Å². The van der Waals surface area contributed by atoms with Crippen molar-refractivity contribution in [2.75, 3.05) is 31.1 Å². The van der Waals surface area contributed by atoms with E-state index in [4.69, 9.17) is 11.6 Å². The van der Waals surface area contributed by atoms with Crippen molar-refractivity contribution in [2.45, 2.75) is 26.1 Å². The predicted molar refractivity (Wildman–Crippen MR) is 104 cm³/mol. The summed E-state index contributed by atoms with van der Waals surface area (Å²) in [5.41, 5.74) is -0.285. The van der Waals surface area contributed by atoms with Gasteiger partial charge >= 0.3 is 6.18 Å². The Kier molecular flexibility index (Phi) is 5.97. The number of imide groups is 1.